The number of benzene rings is 2. The van der Waals surface area contributed by atoms with E-state index in [0.29, 0.717) is 24.3 Å². The van der Waals surface area contributed by atoms with Gasteiger partial charge >= 0.3 is 11.9 Å². The Morgan fingerprint density at radius 1 is 1.14 bits per heavy atom. The maximum atomic E-state index is 11.6. The zero-order valence-corrected chi connectivity index (χ0v) is 11.6. The molecule has 2 aromatic rings. The van der Waals surface area contributed by atoms with E-state index < -0.39 is 0 Å². The van der Waals surface area contributed by atoms with Crippen LogP contribution in [-0.4, -0.2) is 18.5 Å². The Hall–Kier alpha value is -2.62. The summed E-state index contributed by atoms with van der Waals surface area (Å²) in [5.74, 6) is -0.614. The number of carbonyl (C=O) groups excluding carboxylic acids is 2. The highest BCUT2D eigenvalue weighted by molar-refractivity contribution is 5.95. The van der Waals surface area contributed by atoms with Crippen LogP contribution in [0.15, 0.2) is 42.5 Å². The van der Waals surface area contributed by atoms with Gasteiger partial charge in [0.1, 0.15) is 6.61 Å². The van der Waals surface area contributed by atoms with Gasteiger partial charge in [0.2, 0.25) is 0 Å². The first-order valence-corrected chi connectivity index (χ1v) is 6.76. The molecule has 1 aliphatic heterocycles. The lowest BCUT2D eigenvalue weighted by molar-refractivity contribution is 0.0520. The molecule has 21 heavy (non-hydrogen) atoms. The van der Waals surface area contributed by atoms with Gasteiger partial charge in [0.15, 0.2) is 0 Å². The first kappa shape index (κ1) is 13.4. The summed E-state index contributed by atoms with van der Waals surface area (Å²) < 4.78 is 9.94. The lowest BCUT2D eigenvalue weighted by atomic mass is 9.99. The molecule has 1 aliphatic rings. The van der Waals surface area contributed by atoms with Crippen molar-refractivity contribution < 1.29 is 19.1 Å². The quantitative estimate of drug-likeness (QED) is 0.811. The number of cyclic esters (lactones) is 1. The number of rotatable bonds is 3. The van der Waals surface area contributed by atoms with Gasteiger partial charge in [0, 0.05) is 5.56 Å². The molecule has 0 aliphatic carbocycles. The third kappa shape index (κ3) is 2.52. The lowest BCUT2D eigenvalue weighted by Gasteiger charge is -2.05. The van der Waals surface area contributed by atoms with Gasteiger partial charge in [-0.05, 0) is 36.2 Å². The zero-order chi connectivity index (χ0) is 14.8. The second kappa shape index (κ2) is 5.40. The van der Waals surface area contributed by atoms with Gasteiger partial charge in [-0.25, -0.2) is 9.59 Å². The zero-order valence-electron chi connectivity index (χ0n) is 11.6. The van der Waals surface area contributed by atoms with Gasteiger partial charge in [-0.1, -0.05) is 24.3 Å². The van der Waals surface area contributed by atoms with Crippen LogP contribution in [0.1, 0.15) is 33.2 Å². The molecule has 0 saturated heterocycles. The molecule has 0 fully saturated rings. The number of fused-ring (bicyclic) bond motifs is 1. The van der Waals surface area contributed by atoms with Gasteiger partial charge in [-0.3, -0.25) is 0 Å². The molecule has 0 atom stereocenters. The summed E-state index contributed by atoms with van der Waals surface area (Å²) in [6.45, 7) is 2.47. The average Bonchev–Trinajstić information content (AvgIpc) is 2.89. The minimum atomic E-state index is -0.332. The summed E-state index contributed by atoms with van der Waals surface area (Å²) in [7, 11) is 0. The van der Waals surface area contributed by atoms with Crippen molar-refractivity contribution in [1.29, 1.82) is 0 Å². The summed E-state index contributed by atoms with van der Waals surface area (Å²) >= 11 is 0. The van der Waals surface area contributed by atoms with Crippen molar-refractivity contribution in [3.05, 3.63) is 59.2 Å². The number of esters is 2. The molecule has 4 heteroatoms. The van der Waals surface area contributed by atoms with E-state index in [9.17, 15) is 9.59 Å². The fourth-order valence-electron chi connectivity index (χ4n) is 2.31. The van der Waals surface area contributed by atoms with Crippen LogP contribution >= 0.6 is 0 Å². The van der Waals surface area contributed by atoms with Crippen molar-refractivity contribution in [3.63, 3.8) is 0 Å². The molecule has 3 rings (SSSR count). The van der Waals surface area contributed by atoms with E-state index in [0.717, 1.165) is 16.7 Å². The Kier molecular flexibility index (Phi) is 3.44. The fourth-order valence-corrected chi connectivity index (χ4v) is 2.31. The Bertz CT molecular complexity index is 701. The largest absolute Gasteiger partial charge is 0.462 e. The van der Waals surface area contributed by atoms with E-state index >= 15 is 0 Å². The normalized spacial score (nSPS) is 12.7. The van der Waals surface area contributed by atoms with Crippen LogP contribution in [0.5, 0.6) is 0 Å². The van der Waals surface area contributed by atoms with Crippen molar-refractivity contribution in [2.24, 2.45) is 0 Å². The second-order valence-electron chi connectivity index (χ2n) is 4.75. The molecule has 4 nitrogen and oxygen atoms in total. The maximum absolute atomic E-state index is 11.6. The summed E-state index contributed by atoms with van der Waals surface area (Å²) in [6, 6.07) is 12.8. The van der Waals surface area contributed by atoms with Crippen LogP contribution in [0, 0.1) is 0 Å². The van der Waals surface area contributed by atoms with Crippen molar-refractivity contribution in [1.82, 2.24) is 0 Å². The highest BCUT2D eigenvalue weighted by Crippen LogP contribution is 2.27. The van der Waals surface area contributed by atoms with Crippen molar-refractivity contribution in [2.75, 3.05) is 6.61 Å². The highest BCUT2D eigenvalue weighted by Gasteiger charge is 2.21. The standard InChI is InChI=1S/C17H14O4/c1-2-20-16(18)12-5-3-11(4-6-12)13-7-8-14-10-21-17(19)15(14)9-13/h3-9H,2,10H2,1H3. The Morgan fingerprint density at radius 3 is 2.57 bits per heavy atom. The summed E-state index contributed by atoms with van der Waals surface area (Å²) in [6.07, 6.45) is 0. The molecule has 0 saturated carbocycles. The van der Waals surface area contributed by atoms with Crippen molar-refractivity contribution >= 4 is 11.9 Å². The summed E-state index contributed by atoms with van der Waals surface area (Å²) in [5, 5.41) is 0. The third-order valence-corrected chi connectivity index (χ3v) is 3.42. The van der Waals surface area contributed by atoms with E-state index in [4.69, 9.17) is 9.47 Å². The predicted molar refractivity (Wildman–Crippen MR) is 77.0 cm³/mol. The van der Waals surface area contributed by atoms with E-state index in [-0.39, 0.29) is 11.9 Å². The molecule has 0 radical (unpaired) electrons. The Morgan fingerprint density at radius 2 is 1.86 bits per heavy atom. The summed E-state index contributed by atoms with van der Waals surface area (Å²) in [5.41, 5.74) is 3.89. The van der Waals surface area contributed by atoms with E-state index in [2.05, 4.69) is 0 Å². The lowest BCUT2D eigenvalue weighted by Crippen LogP contribution is -2.04. The van der Waals surface area contributed by atoms with Crippen molar-refractivity contribution in [3.8, 4) is 11.1 Å². The molecule has 0 amide bonds. The first-order chi connectivity index (χ1) is 10.2. The highest BCUT2D eigenvalue weighted by atomic mass is 16.5. The SMILES string of the molecule is CCOC(=O)c1ccc(-c2ccc3c(c2)C(=O)OC3)cc1. The molecule has 0 N–H and O–H groups in total. The topological polar surface area (TPSA) is 52.6 Å². The minimum Gasteiger partial charge on any atom is -0.462 e. The van der Waals surface area contributed by atoms with E-state index in [1.54, 1.807) is 19.1 Å². The van der Waals surface area contributed by atoms with E-state index in [1.165, 1.54) is 0 Å². The van der Waals surface area contributed by atoms with Crippen LogP contribution in [-0.2, 0) is 16.1 Å². The molecule has 0 bridgehead atoms. The molecule has 1 heterocycles. The maximum Gasteiger partial charge on any atom is 0.338 e. The van der Waals surface area contributed by atoms with E-state index in [1.807, 2.05) is 30.3 Å². The molecule has 0 spiro atoms. The van der Waals surface area contributed by atoms with Crippen molar-refractivity contribution in [2.45, 2.75) is 13.5 Å². The Balaban J connectivity index is 1.89. The fraction of sp³-hybridized carbons (Fsp3) is 0.176. The number of carbonyl (C=O) groups is 2. The number of hydrogen-bond donors (Lipinski definition) is 0. The predicted octanol–water partition coefficient (Wildman–Crippen LogP) is 3.20. The number of hydrogen-bond acceptors (Lipinski definition) is 4. The molecular weight excluding hydrogens is 268 g/mol. The molecule has 2 aromatic carbocycles. The monoisotopic (exact) mass is 282 g/mol. The van der Waals surface area contributed by atoms with Gasteiger partial charge in [0.25, 0.3) is 0 Å². The van der Waals surface area contributed by atoms with Crippen LogP contribution in [0.4, 0.5) is 0 Å². The van der Waals surface area contributed by atoms with Gasteiger partial charge in [-0.2, -0.15) is 0 Å². The smallest absolute Gasteiger partial charge is 0.338 e. The van der Waals surface area contributed by atoms with Crippen LogP contribution < -0.4 is 0 Å². The van der Waals surface area contributed by atoms with Gasteiger partial charge in [-0.15, -0.1) is 0 Å². The minimum absolute atomic E-state index is 0.282. The number of ether oxygens (including phenoxy) is 2. The molecule has 0 aromatic heterocycles. The molecular formula is C17H14O4. The van der Waals surface area contributed by atoms with Crippen LogP contribution in [0.25, 0.3) is 11.1 Å². The average molecular weight is 282 g/mol. The third-order valence-electron chi connectivity index (χ3n) is 3.42. The molecule has 0 unspecified atom stereocenters. The van der Waals surface area contributed by atoms with Gasteiger partial charge in [0.05, 0.1) is 17.7 Å². The molecule has 106 valence electrons. The Labute approximate surface area is 122 Å². The first-order valence-electron chi connectivity index (χ1n) is 6.76. The van der Waals surface area contributed by atoms with Crippen LogP contribution in [0.2, 0.25) is 0 Å². The van der Waals surface area contributed by atoms with Crippen LogP contribution in [0.3, 0.4) is 0 Å². The van der Waals surface area contributed by atoms with Gasteiger partial charge < -0.3 is 9.47 Å². The summed E-state index contributed by atoms with van der Waals surface area (Å²) in [4.78, 5) is 23.2. The second-order valence-corrected chi connectivity index (χ2v) is 4.75.